The van der Waals surface area contributed by atoms with E-state index >= 15 is 0 Å². The van der Waals surface area contributed by atoms with Crippen molar-refractivity contribution in [3.05, 3.63) is 21.3 Å². The molecule has 0 saturated carbocycles. The molecule has 0 radical (unpaired) electrons. The number of rotatable bonds is 3. The number of hydrogen-bond donors (Lipinski definition) is 1. The first kappa shape index (κ1) is 9.04. The van der Waals surface area contributed by atoms with Crippen LogP contribution in [-0.2, 0) is 0 Å². The van der Waals surface area contributed by atoms with E-state index in [4.69, 9.17) is 17.3 Å². The van der Waals surface area contributed by atoms with Gasteiger partial charge in [0.05, 0.1) is 5.02 Å². The van der Waals surface area contributed by atoms with Gasteiger partial charge in [-0.15, -0.1) is 11.3 Å². The van der Waals surface area contributed by atoms with E-state index in [1.54, 1.807) is 11.3 Å². The van der Waals surface area contributed by atoms with Crippen molar-refractivity contribution in [2.75, 3.05) is 0 Å². The molecule has 0 saturated heterocycles. The van der Waals surface area contributed by atoms with Crippen LogP contribution in [0.2, 0.25) is 5.02 Å². The summed E-state index contributed by atoms with van der Waals surface area (Å²) in [5.41, 5.74) is 5.88. The Morgan fingerprint density at radius 1 is 1.73 bits per heavy atom. The molecule has 0 aliphatic rings. The zero-order valence-electron chi connectivity index (χ0n) is 6.51. The molecular formula is C8H12ClNS. The Hall–Kier alpha value is -0.0500. The van der Waals surface area contributed by atoms with Gasteiger partial charge in [0.1, 0.15) is 0 Å². The third-order valence-electron chi connectivity index (χ3n) is 1.58. The van der Waals surface area contributed by atoms with Crippen molar-refractivity contribution in [1.29, 1.82) is 0 Å². The first-order valence-corrected chi connectivity index (χ1v) is 5.00. The maximum Gasteiger partial charge on any atom is 0.0561 e. The van der Waals surface area contributed by atoms with Gasteiger partial charge < -0.3 is 5.73 Å². The van der Waals surface area contributed by atoms with Crippen LogP contribution in [0.25, 0.3) is 0 Å². The van der Waals surface area contributed by atoms with Gasteiger partial charge in [0, 0.05) is 10.9 Å². The van der Waals surface area contributed by atoms with E-state index < -0.39 is 0 Å². The van der Waals surface area contributed by atoms with Gasteiger partial charge in [-0.05, 0) is 17.9 Å². The van der Waals surface area contributed by atoms with E-state index in [2.05, 4.69) is 6.92 Å². The normalized spacial score (nSPS) is 13.4. The zero-order valence-corrected chi connectivity index (χ0v) is 8.08. The van der Waals surface area contributed by atoms with Crippen molar-refractivity contribution >= 4 is 22.9 Å². The standard InChI is InChI=1S/C8H12ClNS/c1-2-3-7(10)8-6(9)4-5-11-8/h4-5,7H,2-3,10H2,1H3/t7-/m1/s1. The molecular weight excluding hydrogens is 178 g/mol. The molecule has 0 aromatic carbocycles. The summed E-state index contributed by atoms with van der Waals surface area (Å²) in [7, 11) is 0. The van der Waals surface area contributed by atoms with Crippen LogP contribution in [0.3, 0.4) is 0 Å². The second-order valence-corrected chi connectivity index (χ2v) is 3.88. The lowest BCUT2D eigenvalue weighted by molar-refractivity contribution is 0.648. The van der Waals surface area contributed by atoms with Crippen molar-refractivity contribution in [3.63, 3.8) is 0 Å². The molecule has 1 rings (SSSR count). The second kappa shape index (κ2) is 4.10. The third kappa shape index (κ3) is 2.19. The zero-order chi connectivity index (χ0) is 8.27. The van der Waals surface area contributed by atoms with Gasteiger partial charge in [0.25, 0.3) is 0 Å². The summed E-state index contributed by atoms with van der Waals surface area (Å²) in [6.45, 7) is 2.13. The molecule has 0 bridgehead atoms. The van der Waals surface area contributed by atoms with E-state index in [0.717, 1.165) is 22.7 Å². The lowest BCUT2D eigenvalue weighted by atomic mass is 10.1. The monoisotopic (exact) mass is 189 g/mol. The van der Waals surface area contributed by atoms with Crippen LogP contribution >= 0.6 is 22.9 Å². The first-order valence-electron chi connectivity index (χ1n) is 3.74. The molecule has 0 unspecified atom stereocenters. The van der Waals surface area contributed by atoms with Crippen LogP contribution in [0.15, 0.2) is 11.4 Å². The number of halogens is 1. The average molecular weight is 190 g/mol. The van der Waals surface area contributed by atoms with Crippen molar-refractivity contribution < 1.29 is 0 Å². The SMILES string of the molecule is CCC[C@@H](N)c1sccc1Cl. The fourth-order valence-corrected chi connectivity index (χ4v) is 2.25. The van der Waals surface area contributed by atoms with Gasteiger partial charge in [-0.1, -0.05) is 24.9 Å². The van der Waals surface area contributed by atoms with Gasteiger partial charge in [-0.25, -0.2) is 0 Å². The minimum Gasteiger partial charge on any atom is -0.323 e. The summed E-state index contributed by atoms with van der Waals surface area (Å²) >= 11 is 7.54. The minimum absolute atomic E-state index is 0.132. The lowest BCUT2D eigenvalue weighted by Crippen LogP contribution is -2.07. The van der Waals surface area contributed by atoms with Gasteiger partial charge in [-0.3, -0.25) is 0 Å². The Labute approximate surface area is 76.2 Å². The molecule has 3 heteroatoms. The Balaban J connectivity index is 2.67. The molecule has 0 amide bonds. The van der Waals surface area contributed by atoms with E-state index in [1.807, 2.05) is 11.4 Å². The highest BCUT2D eigenvalue weighted by Crippen LogP contribution is 2.29. The predicted octanol–water partition coefficient (Wildman–Crippen LogP) is 3.20. The molecule has 1 aromatic heterocycles. The van der Waals surface area contributed by atoms with E-state index in [9.17, 15) is 0 Å². The Morgan fingerprint density at radius 3 is 2.91 bits per heavy atom. The summed E-state index contributed by atoms with van der Waals surface area (Å²) < 4.78 is 0. The van der Waals surface area contributed by atoms with Crippen LogP contribution in [0.1, 0.15) is 30.7 Å². The van der Waals surface area contributed by atoms with Gasteiger partial charge >= 0.3 is 0 Å². The van der Waals surface area contributed by atoms with Crippen molar-refractivity contribution in [2.24, 2.45) is 5.73 Å². The quantitative estimate of drug-likeness (QED) is 0.777. The Morgan fingerprint density at radius 2 is 2.45 bits per heavy atom. The van der Waals surface area contributed by atoms with Gasteiger partial charge in [-0.2, -0.15) is 0 Å². The van der Waals surface area contributed by atoms with Gasteiger partial charge in [0.2, 0.25) is 0 Å². The van der Waals surface area contributed by atoms with Gasteiger partial charge in [0.15, 0.2) is 0 Å². The van der Waals surface area contributed by atoms with Crippen LogP contribution in [0.4, 0.5) is 0 Å². The molecule has 0 fully saturated rings. The average Bonchev–Trinajstić information content (AvgIpc) is 2.36. The smallest absolute Gasteiger partial charge is 0.0561 e. The topological polar surface area (TPSA) is 26.0 Å². The molecule has 1 nitrogen and oxygen atoms in total. The maximum atomic E-state index is 5.90. The molecule has 1 aromatic rings. The second-order valence-electron chi connectivity index (χ2n) is 2.53. The summed E-state index contributed by atoms with van der Waals surface area (Å²) in [4.78, 5) is 1.12. The van der Waals surface area contributed by atoms with Crippen LogP contribution in [-0.4, -0.2) is 0 Å². The van der Waals surface area contributed by atoms with Crippen LogP contribution in [0.5, 0.6) is 0 Å². The number of thiophene rings is 1. The molecule has 0 spiro atoms. The van der Waals surface area contributed by atoms with E-state index in [0.29, 0.717) is 0 Å². The van der Waals surface area contributed by atoms with Crippen molar-refractivity contribution in [2.45, 2.75) is 25.8 Å². The summed E-state index contributed by atoms with van der Waals surface area (Å²) in [5, 5.41) is 2.80. The number of nitrogens with two attached hydrogens (primary N) is 1. The first-order chi connectivity index (χ1) is 5.25. The summed E-state index contributed by atoms with van der Waals surface area (Å²) in [6, 6.07) is 2.03. The molecule has 11 heavy (non-hydrogen) atoms. The fourth-order valence-electron chi connectivity index (χ4n) is 1.01. The molecule has 62 valence electrons. The highest BCUT2D eigenvalue weighted by molar-refractivity contribution is 7.10. The van der Waals surface area contributed by atoms with Crippen molar-refractivity contribution in [3.8, 4) is 0 Å². The Kier molecular flexibility index (Phi) is 3.37. The highest BCUT2D eigenvalue weighted by Gasteiger charge is 2.09. The highest BCUT2D eigenvalue weighted by atomic mass is 35.5. The molecule has 2 N–H and O–H groups in total. The number of hydrogen-bond acceptors (Lipinski definition) is 2. The maximum absolute atomic E-state index is 5.90. The molecule has 1 atom stereocenters. The summed E-state index contributed by atoms with van der Waals surface area (Å²) in [5.74, 6) is 0. The lowest BCUT2D eigenvalue weighted by Gasteiger charge is -2.07. The summed E-state index contributed by atoms with van der Waals surface area (Å²) in [6.07, 6.45) is 2.12. The Bertz CT molecular complexity index is 222. The van der Waals surface area contributed by atoms with E-state index in [-0.39, 0.29) is 6.04 Å². The van der Waals surface area contributed by atoms with Crippen LogP contribution < -0.4 is 5.73 Å². The molecule has 0 aliphatic heterocycles. The van der Waals surface area contributed by atoms with Crippen LogP contribution in [0, 0.1) is 0 Å². The predicted molar refractivity (Wildman–Crippen MR) is 51.2 cm³/mol. The van der Waals surface area contributed by atoms with E-state index in [1.165, 1.54) is 0 Å². The molecule has 1 heterocycles. The largest absolute Gasteiger partial charge is 0.323 e. The fraction of sp³-hybridized carbons (Fsp3) is 0.500. The van der Waals surface area contributed by atoms with Crippen molar-refractivity contribution in [1.82, 2.24) is 0 Å². The minimum atomic E-state index is 0.132. The molecule has 0 aliphatic carbocycles. The third-order valence-corrected chi connectivity index (χ3v) is 3.07.